The average molecular weight is 1140 g/mol. The maximum atomic E-state index is 14.0. The number of fused-ring (bicyclic) bond motifs is 3. The molecule has 0 spiro atoms. The minimum absolute atomic E-state index is 0.00971. The van der Waals surface area contributed by atoms with Gasteiger partial charge in [-0.05, 0) is 44.5 Å². The first kappa shape index (κ1) is 59.8. The molecule has 79 heavy (non-hydrogen) atoms. The molecule has 1 unspecified atom stereocenters. The number of hydrogen-bond donors (Lipinski definition) is 14. The van der Waals surface area contributed by atoms with Gasteiger partial charge >= 0.3 is 24.0 Å². The second-order valence-electron chi connectivity index (χ2n) is 17.9. The van der Waals surface area contributed by atoms with Crippen LogP contribution < -0.4 is 60.0 Å². The molecule has 1 fully saturated rings. The van der Waals surface area contributed by atoms with Gasteiger partial charge in [0.05, 0.1) is 54.9 Å². The molecule has 0 radical (unpaired) electrons. The summed E-state index contributed by atoms with van der Waals surface area (Å²) in [5.41, 5.74) is 16.3. The van der Waals surface area contributed by atoms with E-state index in [2.05, 4.69) is 57.2 Å². The van der Waals surface area contributed by atoms with E-state index in [1.165, 1.54) is 44.5 Å². The van der Waals surface area contributed by atoms with Crippen LogP contribution in [0.4, 0.5) is 16.4 Å². The van der Waals surface area contributed by atoms with Crippen molar-refractivity contribution in [3.63, 3.8) is 0 Å². The van der Waals surface area contributed by atoms with Crippen LogP contribution in [0.3, 0.4) is 0 Å². The summed E-state index contributed by atoms with van der Waals surface area (Å²) in [7, 11) is 3.57. The van der Waals surface area contributed by atoms with Gasteiger partial charge in [-0.1, -0.05) is 21.6 Å². The van der Waals surface area contributed by atoms with Gasteiger partial charge < -0.3 is 78.8 Å². The number of amides is 5. The number of anilines is 2. The van der Waals surface area contributed by atoms with Crippen LogP contribution in [0.25, 0.3) is 11.2 Å². The number of carboxylic acids is 3. The summed E-state index contributed by atoms with van der Waals surface area (Å²) in [5, 5.41) is 47.4. The topological polar surface area (TPSA) is 487 Å². The lowest BCUT2D eigenvalue weighted by molar-refractivity contribution is -0.143. The highest BCUT2D eigenvalue weighted by Gasteiger charge is 2.64. The molecule has 3 aliphatic rings. The predicted octanol–water partition coefficient (Wildman–Crippen LogP) is -3.19. The van der Waals surface area contributed by atoms with E-state index in [4.69, 9.17) is 26.7 Å². The monoisotopic (exact) mass is 1140 g/mol. The van der Waals surface area contributed by atoms with Gasteiger partial charge in [-0.15, -0.1) is 0 Å². The zero-order valence-electron chi connectivity index (χ0n) is 42.4. The molecule has 2 aliphatic heterocycles. The third-order valence-electron chi connectivity index (χ3n) is 12.8. The number of rotatable bonds is 28. The maximum absolute atomic E-state index is 14.0. The lowest BCUT2D eigenvalue weighted by atomic mass is 9.81. The lowest BCUT2D eigenvalue weighted by Gasteiger charge is -2.39. The van der Waals surface area contributed by atoms with Crippen molar-refractivity contribution < 1.29 is 72.7 Å². The molecule has 1 aromatic carbocycles. The summed E-state index contributed by atoms with van der Waals surface area (Å²) < 4.78 is 11.0. The molecule has 4 heterocycles. The Labute approximate surface area is 455 Å². The van der Waals surface area contributed by atoms with Crippen molar-refractivity contribution in [1.29, 1.82) is 0 Å². The molecule has 31 nitrogen and oxygen atoms in total. The highest BCUT2D eigenvalue weighted by Crippen LogP contribution is 2.50. The largest absolute Gasteiger partial charge is 0.481 e. The first-order valence-electron chi connectivity index (χ1n) is 23.9. The number of H-pyrrole nitrogens is 1. The van der Waals surface area contributed by atoms with Crippen molar-refractivity contribution in [1.82, 2.24) is 56.7 Å². The fourth-order valence-corrected chi connectivity index (χ4v) is 10.8. The molecule has 5 amide bonds. The summed E-state index contributed by atoms with van der Waals surface area (Å²) in [5.74, 6) is -10.3. The Kier molecular flexibility index (Phi) is 19.9. The number of allylic oxidation sites excluding steroid dienone is 2. The fourth-order valence-electron chi connectivity index (χ4n) is 8.78. The van der Waals surface area contributed by atoms with E-state index >= 15 is 0 Å². The molecule has 17 N–H and O–H groups in total. The number of aromatic amines is 1. The highest BCUT2D eigenvalue weighted by atomic mass is 33.1. The molecule has 424 valence electrons. The van der Waals surface area contributed by atoms with Gasteiger partial charge in [0.1, 0.15) is 30.8 Å². The number of aliphatic carboxylic acids is 3. The Bertz CT molecular complexity index is 3050. The quantitative estimate of drug-likeness (QED) is 0.0194. The minimum Gasteiger partial charge on any atom is -0.481 e. The predicted molar refractivity (Wildman–Crippen MR) is 280 cm³/mol. The summed E-state index contributed by atoms with van der Waals surface area (Å²) in [6.45, 7) is 2.80. The molecule has 7 atom stereocenters. The summed E-state index contributed by atoms with van der Waals surface area (Å²) in [4.78, 5) is 156. The van der Waals surface area contributed by atoms with E-state index < -0.39 is 132 Å². The number of ketones is 2. The molecule has 1 aliphatic carbocycles. The van der Waals surface area contributed by atoms with Crippen LogP contribution in [0, 0.1) is 5.92 Å². The van der Waals surface area contributed by atoms with Crippen molar-refractivity contribution in [2.45, 2.75) is 75.6 Å². The SMILES string of the molecule is CO[C@]12C(C)NCN1C1=C(C(=O)C(NCCSSC[C@H](NC(=O)[C@H](CC(=O)O)NC(=O)[C@@H](N)CNC(=O)CC[C@@H](NC(=O)c3ccc(NCc4cnc5nc(N)[nH]c(=O)c5n4)cc3)C(=O)O)C(=O)O)=C(C)C1=O)[C@H]2COC(N)=O. The lowest BCUT2D eigenvalue weighted by Crippen LogP contribution is -2.57. The second-order valence-corrected chi connectivity index (χ2v) is 20.5. The van der Waals surface area contributed by atoms with E-state index in [0.717, 1.165) is 21.6 Å². The summed E-state index contributed by atoms with van der Waals surface area (Å²) in [6, 6.07) is -1.02. The normalized spacial score (nSPS) is 19.1. The van der Waals surface area contributed by atoms with Crippen molar-refractivity contribution in [3.05, 3.63) is 74.6 Å². The summed E-state index contributed by atoms with van der Waals surface area (Å²) >= 11 is 0. The molecule has 2 aromatic heterocycles. The average Bonchev–Trinajstić information content (AvgIpc) is 3.97. The number of hydrogen-bond acceptors (Lipinski definition) is 24. The summed E-state index contributed by atoms with van der Waals surface area (Å²) in [6.07, 6.45) is -1.52. The van der Waals surface area contributed by atoms with Crippen LogP contribution in [0.2, 0.25) is 0 Å². The van der Waals surface area contributed by atoms with Gasteiger partial charge in [-0.3, -0.25) is 48.7 Å². The number of aromatic nitrogens is 4. The number of primary amides is 1. The zero-order chi connectivity index (χ0) is 57.9. The Balaban J connectivity index is 0.919. The van der Waals surface area contributed by atoms with Crippen LogP contribution >= 0.6 is 21.6 Å². The molecule has 0 bridgehead atoms. The number of nitrogens with two attached hydrogens (primary N) is 3. The number of nitrogen functional groups attached to an aromatic ring is 1. The van der Waals surface area contributed by atoms with Crippen LogP contribution in [-0.2, 0) is 54.4 Å². The van der Waals surface area contributed by atoms with Gasteiger partial charge in [-0.25, -0.2) is 24.4 Å². The van der Waals surface area contributed by atoms with E-state index in [-0.39, 0.29) is 83.1 Å². The number of methoxy groups -OCH3 is 1. The molecular formula is C46H57N15O16S2. The Hall–Kier alpha value is -8.40. The molecule has 6 rings (SSSR count). The first-order valence-corrected chi connectivity index (χ1v) is 26.4. The Morgan fingerprint density at radius 2 is 1.62 bits per heavy atom. The minimum atomic E-state index is -1.82. The van der Waals surface area contributed by atoms with E-state index in [0.29, 0.717) is 11.4 Å². The number of carbonyl (C=O) groups excluding carboxylic acids is 7. The Morgan fingerprint density at radius 3 is 2.28 bits per heavy atom. The fraction of sp³-hybridized carbons (Fsp3) is 0.435. The number of carbonyl (C=O) groups is 10. The standard InChI is InChI=1S/C46H57N15O16S2/c1-19-32(36(66)31-24(16-77-45(49)75)46(76-3)20(2)54-18-61(46)34(31)35(19)65)50-10-11-78-79-17-28(43(73)74)58-40(69)27(12-30(63)64)57-39(68)25(47)15-52-29(62)9-8-26(42(71)72)56-38(67)21-4-6-22(7-5-21)51-13-23-14-53-37-33(55-23)41(70)60-44(48)59-37/h4-7,14,20,24-28,50-51,54H,8-13,15-18,47H2,1-3H3,(H2,49,75)(H,52,62)(H,56,67)(H,57,68)(H,58,69)(H,63,64)(H,71,72)(H,73,74)(H3,48,53,59,60,70)/t20?,24-,25+,26-,27+,28+,46+/m1/s1. The molecule has 3 aromatic rings. The van der Waals surface area contributed by atoms with Crippen LogP contribution in [0.1, 0.15) is 49.2 Å². The number of Topliss-reactive ketones (excluding diaryl/α,β-unsaturated/α-hetero) is 2. The van der Waals surface area contributed by atoms with Crippen molar-refractivity contribution in [2.75, 3.05) is 56.0 Å². The van der Waals surface area contributed by atoms with E-state index in [1.807, 2.05) is 0 Å². The van der Waals surface area contributed by atoms with Crippen molar-refractivity contribution in [3.8, 4) is 0 Å². The number of ether oxygens (including phenoxy) is 2. The van der Waals surface area contributed by atoms with Gasteiger partial charge in [-0.2, -0.15) is 4.98 Å². The smallest absolute Gasteiger partial charge is 0.404 e. The van der Waals surface area contributed by atoms with E-state index in [9.17, 15) is 68.1 Å². The maximum Gasteiger partial charge on any atom is 0.404 e. The third-order valence-corrected chi connectivity index (χ3v) is 15.2. The van der Waals surface area contributed by atoms with Gasteiger partial charge in [0.15, 0.2) is 16.9 Å². The molecule has 0 saturated carbocycles. The van der Waals surface area contributed by atoms with Gasteiger partial charge in [0.2, 0.25) is 35.2 Å². The zero-order valence-corrected chi connectivity index (χ0v) is 44.0. The number of carboxylic acid groups (broad SMARTS) is 3. The highest BCUT2D eigenvalue weighted by molar-refractivity contribution is 8.76. The van der Waals surface area contributed by atoms with Crippen LogP contribution in [-0.4, -0.2) is 180 Å². The van der Waals surface area contributed by atoms with Crippen molar-refractivity contribution >= 4 is 104 Å². The Morgan fingerprint density at radius 1 is 0.924 bits per heavy atom. The number of nitrogens with zero attached hydrogens (tertiary/aromatic N) is 4. The molecule has 1 saturated heterocycles. The first-order chi connectivity index (χ1) is 37.5. The van der Waals surface area contributed by atoms with Gasteiger partial charge in [0, 0.05) is 60.5 Å². The van der Waals surface area contributed by atoms with Crippen molar-refractivity contribution in [2.24, 2.45) is 17.4 Å². The van der Waals surface area contributed by atoms with E-state index in [1.54, 1.807) is 11.8 Å². The third kappa shape index (κ3) is 14.2. The molecular weight excluding hydrogens is 1080 g/mol. The molecule has 33 heteroatoms. The van der Waals surface area contributed by atoms with Crippen LogP contribution in [0.5, 0.6) is 0 Å². The van der Waals surface area contributed by atoms with Crippen LogP contribution in [0.15, 0.2) is 57.8 Å². The second kappa shape index (κ2) is 26.3. The number of nitrogens with one attached hydrogen (secondary N) is 8. The van der Waals surface area contributed by atoms with Gasteiger partial charge in [0.25, 0.3) is 11.5 Å². The number of benzene rings is 1.